The fourth-order valence-electron chi connectivity index (χ4n) is 3.87. The van der Waals surface area contributed by atoms with Crippen molar-refractivity contribution in [2.75, 3.05) is 14.2 Å². The molecule has 0 bridgehead atoms. The van der Waals surface area contributed by atoms with Crippen molar-refractivity contribution in [1.82, 2.24) is 19.2 Å². The Morgan fingerprint density at radius 2 is 1.70 bits per heavy atom. The summed E-state index contributed by atoms with van der Waals surface area (Å²) in [5, 5.41) is 10.2. The summed E-state index contributed by atoms with van der Waals surface area (Å²) in [6, 6.07) is 23.2. The van der Waals surface area contributed by atoms with E-state index in [9.17, 15) is 4.79 Å². The molecule has 0 spiro atoms. The van der Waals surface area contributed by atoms with Gasteiger partial charge in [-0.25, -0.2) is 0 Å². The van der Waals surface area contributed by atoms with Crippen molar-refractivity contribution in [2.45, 2.75) is 17.5 Å². The SMILES string of the molecule is COc1ccc(OC)c(CSc2nnc3n(Cc4ccccc4)c(=O)c4ccccc4n23)c1. The third-order valence-corrected chi connectivity index (χ3v) is 6.48. The van der Waals surface area contributed by atoms with Crippen molar-refractivity contribution in [3.63, 3.8) is 0 Å². The lowest BCUT2D eigenvalue weighted by Gasteiger charge is -2.12. The molecule has 8 heteroatoms. The molecule has 0 amide bonds. The monoisotopic (exact) mass is 458 g/mol. The molecular formula is C25H22N4O3S. The molecule has 5 rings (SSSR count). The lowest BCUT2D eigenvalue weighted by atomic mass is 10.2. The number of ether oxygens (including phenoxy) is 2. The fourth-order valence-corrected chi connectivity index (χ4v) is 4.79. The summed E-state index contributed by atoms with van der Waals surface area (Å²) < 4.78 is 14.5. The second-order valence-corrected chi connectivity index (χ2v) is 8.42. The topological polar surface area (TPSA) is 70.7 Å². The summed E-state index contributed by atoms with van der Waals surface area (Å²) in [5.74, 6) is 2.66. The second-order valence-electron chi connectivity index (χ2n) is 7.48. The lowest BCUT2D eigenvalue weighted by molar-refractivity contribution is 0.400. The van der Waals surface area contributed by atoms with Gasteiger partial charge in [-0.05, 0) is 35.9 Å². The summed E-state index contributed by atoms with van der Waals surface area (Å²) >= 11 is 1.53. The Bertz CT molecular complexity index is 1490. The van der Waals surface area contributed by atoms with Gasteiger partial charge in [-0.1, -0.05) is 54.2 Å². The normalized spacial score (nSPS) is 11.2. The third-order valence-electron chi connectivity index (χ3n) is 5.51. The third kappa shape index (κ3) is 3.93. The van der Waals surface area contributed by atoms with Crippen molar-refractivity contribution in [1.29, 1.82) is 0 Å². The number of fused-ring (bicyclic) bond motifs is 3. The Hall–Kier alpha value is -3.78. The summed E-state index contributed by atoms with van der Waals surface area (Å²) in [7, 11) is 3.29. The molecule has 0 aliphatic rings. The second kappa shape index (κ2) is 8.99. The average molecular weight is 459 g/mol. The molecule has 0 saturated heterocycles. The van der Waals surface area contributed by atoms with Crippen LogP contribution in [-0.2, 0) is 12.3 Å². The van der Waals surface area contributed by atoms with E-state index in [1.165, 1.54) is 11.8 Å². The van der Waals surface area contributed by atoms with Gasteiger partial charge in [0.25, 0.3) is 5.56 Å². The van der Waals surface area contributed by atoms with Crippen molar-refractivity contribution in [3.05, 3.63) is 94.3 Å². The van der Waals surface area contributed by atoms with E-state index < -0.39 is 0 Å². The number of benzene rings is 3. The van der Waals surface area contributed by atoms with E-state index in [0.717, 1.165) is 28.1 Å². The molecule has 3 aromatic carbocycles. The molecule has 0 fully saturated rings. The fraction of sp³-hybridized carbons (Fsp3) is 0.160. The van der Waals surface area contributed by atoms with Crippen LogP contribution in [0.2, 0.25) is 0 Å². The van der Waals surface area contributed by atoms with Gasteiger partial charge in [0, 0.05) is 11.3 Å². The predicted octanol–water partition coefficient (Wildman–Crippen LogP) is 4.40. The van der Waals surface area contributed by atoms with Crippen molar-refractivity contribution in [3.8, 4) is 11.5 Å². The van der Waals surface area contributed by atoms with Crippen molar-refractivity contribution >= 4 is 28.4 Å². The minimum atomic E-state index is -0.0830. The Morgan fingerprint density at radius 1 is 0.909 bits per heavy atom. The quantitative estimate of drug-likeness (QED) is 0.337. The summed E-state index contributed by atoms with van der Waals surface area (Å²) in [5.41, 5.74) is 2.71. The maximum atomic E-state index is 13.3. The Morgan fingerprint density at radius 3 is 2.48 bits per heavy atom. The highest BCUT2D eigenvalue weighted by atomic mass is 32.2. The summed E-state index contributed by atoms with van der Waals surface area (Å²) in [4.78, 5) is 13.3. The van der Waals surface area contributed by atoms with Gasteiger partial charge in [0.1, 0.15) is 11.5 Å². The predicted molar refractivity (Wildman–Crippen MR) is 129 cm³/mol. The van der Waals surface area contributed by atoms with E-state index in [1.807, 2.05) is 77.2 Å². The van der Waals surface area contributed by atoms with Gasteiger partial charge >= 0.3 is 0 Å². The standard InChI is InChI=1S/C25H22N4O3S/c1-31-19-12-13-22(32-2)18(14-19)16-33-25-27-26-24-28(15-17-8-4-3-5-9-17)23(30)20-10-6-7-11-21(20)29(24)25/h3-14H,15-16H2,1-2H3. The first kappa shape index (κ1) is 21.1. The van der Waals surface area contributed by atoms with Crippen molar-refractivity contribution < 1.29 is 9.47 Å². The number of hydrogen-bond donors (Lipinski definition) is 0. The Balaban J connectivity index is 1.61. The highest BCUT2D eigenvalue weighted by Gasteiger charge is 2.18. The molecule has 7 nitrogen and oxygen atoms in total. The van der Waals surface area contributed by atoms with E-state index in [2.05, 4.69) is 10.2 Å². The molecule has 0 radical (unpaired) electrons. The van der Waals surface area contributed by atoms with E-state index in [4.69, 9.17) is 9.47 Å². The molecule has 0 N–H and O–H groups in total. The maximum absolute atomic E-state index is 13.3. The zero-order valence-electron chi connectivity index (χ0n) is 18.3. The van der Waals surface area contributed by atoms with Crippen LogP contribution < -0.4 is 15.0 Å². The van der Waals surface area contributed by atoms with E-state index in [1.54, 1.807) is 18.8 Å². The minimum Gasteiger partial charge on any atom is -0.497 e. The average Bonchev–Trinajstić information content (AvgIpc) is 3.29. The van der Waals surface area contributed by atoms with Crippen LogP contribution in [0, 0.1) is 0 Å². The van der Waals surface area contributed by atoms with Gasteiger partial charge in [-0.15, -0.1) is 10.2 Å². The summed E-state index contributed by atoms with van der Waals surface area (Å²) in [6.07, 6.45) is 0. The molecule has 2 heterocycles. The molecule has 0 aliphatic carbocycles. The highest BCUT2D eigenvalue weighted by molar-refractivity contribution is 7.98. The zero-order valence-corrected chi connectivity index (χ0v) is 19.1. The van der Waals surface area contributed by atoms with Gasteiger partial charge < -0.3 is 9.47 Å². The number of nitrogens with zero attached hydrogens (tertiary/aromatic N) is 4. The van der Waals surface area contributed by atoms with Crippen LogP contribution in [0.15, 0.2) is 82.7 Å². The number of rotatable bonds is 7. The summed E-state index contributed by atoms with van der Waals surface area (Å²) in [6.45, 7) is 0.417. The molecule has 0 atom stereocenters. The van der Waals surface area contributed by atoms with E-state index in [0.29, 0.717) is 28.6 Å². The lowest BCUT2D eigenvalue weighted by Crippen LogP contribution is -2.24. The van der Waals surface area contributed by atoms with Crippen LogP contribution in [-0.4, -0.2) is 33.4 Å². The van der Waals surface area contributed by atoms with Crippen LogP contribution in [0.4, 0.5) is 0 Å². The number of aromatic nitrogens is 4. The van der Waals surface area contributed by atoms with Crippen molar-refractivity contribution in [2.24, 2.45) is 0 Å². The van der Waals surface area contributed by atoms with Crippen LogP contribution in [0.5, 0.6) is 11.5 Å². The smallest absolute Gasteiger partial charge is 0.263 e. The molecule has 5 aromatic rings. The van der Waals surface area contributed by atoms with Crippen LogP contribution in [0.1, 0.15) is 11.1 Å². The minimum absolute atomic E-state index is 0.0830. The van der Waals surface area contributed by atoms with Crippen LogP contribution >= 0.6 is 11.8 Å². The first-order valence-corrected chi connectivity index (χ1v) is 11.4. The molecule has 0 saturated carbocycles. The van der Waals surface area contributed by atoms with Gasteiger partial charge in [-0.2, -0.15) is 0 Å². The molecule has 33 heavy (non-hydrogen) atoms. The van der Waals surface area contributed by atoms with Crippen LogP contribution in [0.3, 0.4) is 0 Å². The number of methoxy groups -OCH3 is 2. The molecule has 2 aromatic heterocycles. The molecular weight excluding hydrogens is 436 g/mol. The van der Waals surface area contributed by atoms with Gasteiger partial charge in [0.05, 0.1) is 31.7 Å². The Kier molecular flexibility index (Phi) is 5.75. The number of hydrogen-bond acceptors (Lipinski definition) is 6. The molecule has 166 valence electrons. The maximum Gasteiger partial charge on any atom is 0.263 e. The molecule has 0 aliphatic heterocycles. The largest absolute Gasteiger partial charge is 0.497 e. The number of para-hydroxylation sites is 1. The van der Waals surface area contributed by atoms with E-state index >= 15 is 0 Å². The van der Waals surface area contributed by atoms with Gasteiger partial charge in [-0.3, -0.25) is 13.8 Å². The van der Waals surface area contributed by atoms with Gasteiger partial charge in [0.15, 0.2) is 5.16 Å². The highest BCUT2D eigenvalue weighted by Crippen LogP contribution is 2.31. The zero-order chi connectivity index (χ0) is 22.8. The van der Waals surface area contributed by atoms with E-state index in [-0.39, 0.29) is 5.56 Å². The first-order chi connectivity index (χ1) is 16.2. The first-order valence-electron chi connectivity index (χ1n) is 10.4. The number of thioether (sulfide) groups is 1. The molecule has 0 unspecified atom stereocenters. The van der Waals surface area contributed by atoms with Crippen LogP contribution in [0.25, 0.3) is 16.7 Å². The Labute approximate surface area is 194 Å². The van der Waals surface area contributed by atoms with Gasteiger partial charge in [0.2, 0.25) is 5.78 Å².